The zero-order chi connectivity index (χ0) is 13.7. The van der Waals surface area contributed by atoms with Gasteiger partial charge in [0.1, 0.15) is 0 Å². The number of rotatable bonds is 4. The summed E-state index contributed by atoms with van der Waals surface area (Å²) in [6.45, 7) is 4.50. The van der Waals surface area contributed by atoms with Gasteiger partial charge in [-0.05, 0) is 43.9 Å². The minimum Gasteiger partial charge on any atom is -0.398 e. The highest BCUT2D eigenvalue weighted by Gasteiger charge is 2.15. The van der Waals surface area contributed by atoms with Crippen molar-refractivity contribution in [3.8, 4) is 0 Å². The van der Waals surface area contributed by atoms with Crippen molar-refractivity contribution in [1.82, 2.24) is 4.90 Å². The van der Waals surface area contributed by atoms with Crippen LogP contribution in [0.4, 0.5) is 11.4 Å². The molecule has 1 amide bonds. The molecule has 0 unspecified atom stereocenters. The molecule has 4 heteroatoms. The average molecular weight is 261 g/mol. The molecule has 0 aromatic heterocycles. The summed E-state index contributed by atoms with van der Waals surface area (Å²) in [4.78, 5) is 14.0. The van der Waals surface area contributed by atoms with E-state index in [9.17, 15) is 4.79 Å². The van der Waals surface area contributed by atoms with E-state index in [2.05, 4.69) is 5.32 Å². The smallest absolute Gasteiger partial charge is 0.224 e. The number of nitrogens with two attached hydrogens (primary N) is 1. The van der Waals surface area contributed by atoms with Gasteiger partial charge in [0, 0.05) is 37.4 Å². The van der Waals surface area contributed by atoms with Gasteiger partial charge >= 0.3 is 0 Å². The molecule has 0 radical (unpaired) electrons. The highest BCUT2D eigenvalue weighted by atomic mass is 16.2. The first kappa shape index (κ1) is 13.7. The molecule has 19 heavy (non-hydrogen) atoms. The topological polar surface area (TPSA) is 58.4 Å². The summed E-state index contributed by atoms with van der Waals surface area (Å²) in [7, 11) is 0. The molecule has 1 heterocycles. The minimum atomic E-state index is 0.257. The number of carbonyl (C=O) groups excluding carboxylic acids is 1. The molecular weight excluding hydrogens is 238 g/mol. The fraction of sp³-hybridized carbons (Fsp3) is 0.533. The third-order valence-electron chi connectivity index (χ3n) is 3.66. The second kappa shape index (κ2) is 6.45. The lowest BCUT2D eigenvalue weighted by atomic mass is 10.1. The van der Waals surface area contributed by atoms with Crippen molar-refractivity contribution in [2.45, 2.75) is 32.6 Å². The van der Waals surface area contributed by atoms with Crippen LogP contribution in [0.1, 0.15) is 31.2 Å². The van der Waals surface area contributed by atoms with E-state index in [1.807, 2.05) is 30.0 Å². The van der Waals surface area contributed by atoms with Crippen LogP contribution in [0.15, 0.2) is 18.2 Å². The molecular formula is C15H23N3O. The summed E-state index contributed by atoms with van der Waals surface area (Å²) in [6.07, 6.45) is 4.10. The Kier molecular flexibility index (Phi) is 4.66. The third kappa shape index (κ3) is 3.88. The lowest BCUT2D eigenvalue weighted by molar-refractivity contribution is -0.131. The van der Waals surface area contributed by atoms with Crippen LogP contribution in [0.2, 0.25) is 0 Å². The van der Waals surface area contributed by atoms with E-state index in [4.69, 9.17) is 5.73 Å². The summed E-state index contributed by atoms with van der Waals surface area (Å²) in [5, 5.41) is 3.26. The maximum Gasteiger partial charge on any atom is 0.224 e. The molecule has 1 saturated heterocycles. The number of aryl methyl sites for hydroxylation is 1. The zero-order valence-electron chi connectivity index (χ0n) is 11.6. The molecule has 4 nitrogen and oxygen atoms in total. The standard InChI is InChI=1S/C15H23N3O/c1-12-5-6-13(11-14(12)16)17-8-7-15(19)18-9-3-2-4-10-18/h5-6,11,17H,2-4,7-10,16H2,1H3. The number of nitrogens with zero attached hydrogens (tertiary/aromatic N) is 1. The molecule has 1 aliphatic rings. The van der Waals surface area contributed by atoms with Gasteiger partial charge in [0.15, 0.2) is 0 Å². The van der Waals surface area contributed by atoms with Crippen molar-refractivity contribution in [3.05, 3.63) is 23.8 Å². The number of anilines is 2. The van der Waals surface area contributed by atoms with Crippen LogP contribution in [-0.2, 0) is 4.79 Å². The Morgan fingerprint density at radius 1 is 1.32 bits per heavy atom. The van der Waals surface area contributed by atoms with Gasteiger partial charge in [0.2, 0.25) is 5.91 Å². The molecule has 0 saturated carbocycles. The van der Waals surface area contributed by atoms with Gasteiger partial charge in [0.25, 0.3) is 0 Å². The molecule has 0 aliphatic carbocycles. The molecule has 2 rings (SSSR count). The van der Waals surface area contributed by atoms with Gasteiger partial charge < -0.3 is 16.0 Å². The van der Waals surface area contributed by atoms with E-state index < -0.39 is 0 Å². The fourth-order valence-corrected chi connectivity index (χ4v) is 2.37. The van der Waals surface area contributed by atoms with Gasteiger partial charge in [-0.1, -0.05) is 6.07 Å². The SMILES string of the molecule is Cc1ccc(NCCC(=O)N2CCCCC2)cc1N. The Hall–Kier alpha value is -1.71. The Morgan fingerprint density at radius 3 is 2.74 bits per heavy atom. The van der Waals surface area contributed by atoms with Crippen LogP contribution >= 0.6 is 0 Å². The number of benzene rings is 1. The largest absolute Gasteiger partial charge is 0.398 e. The summed E-state index contributed by atoms with van der Waals surface area (Å²) in [6, 6.07) is 5.90. The van der Waals surface area contributed by atoms with Crippen molar-refractivity contribution >= 4 is 17.3 Å². The van der Waals surface area contributed by atoms with Gasteiger partial charge in [-0.25, -0.2) is 0 Å². The van der Waals surface area contributed by atoms with Crippen molar-refractivity contribution in [1.29, 1.82) is 0 Å². The van der Waals surface area contributed by atoms with Gasteiger partial charge in [-0.15, -0.1) is 0 Å². The number of nitrogen functional groups attached to an aromatic ring is 1. The summed E-state index contributed by atoms with van der Waals surface area (Å²) in [5.74, 6) is 0.257. The second-order valence-corrected chi connectivity index (χ2v) is 5.19. The van der Waals surface area contributed by atoms with Crippen LogP contribution in [0.3, 0.4) is 0 Å². The van der Waals surface area contributed by atoms with Crippen LogP contribution in [-0.4, -0.2) is 30.4 Å². The van der Waals surface area contributed by atoms with E-state index >= 15 is 0 Å². The van der Waals surface area contributed by atoms with E-state index in [0.29, 0.717) is 13.0 Å². The Bertz CT molecular complexity index is 439. The highest BCUT2D eigenvalue weighted by Crippen LogP contribution is 2.17. The highest BCUT2D eigenvalue weighted by molar-refractivity contribution is 5.76. The Labute approximate surface area is 115 Å². The van der Waals surface area contributed by atoms with E-state index in [0.717, 1.165) is 42.9 Å². The maximum atomic E-state index is 12.0. The lowest BCUT2D eigenvalue weighted by Crippen LogP contribution is -2.36. The Balaban J connectivity index is 1.76. The summed E-state index contributed by atoms with van der Waals surface area (Å²) >= 11 is 0. The molecule has 0 bridgehead atoms. The third-order valence-corrected chi connectivity index (χ3v) is 3.66. The van der Waals surface area contributed by atoms with Crippen LogP contribution in [0.5, 0.6) is 0 Å². The molecule has 0 spiro atoms. The number of hydrogen-bond donors (Lipinski definition) is 2. The van der Waals surface area contributed by atoms with Crippen molar-refractivity contribution in [3.63, 3.8) is 0 Å². The van der Waals surface area contributed by atoms with Crippen molar-refractivity contribution < 1.29 is 4.79 Å². The first-order valence-corrected chi connectivity index (χ1v) is 7.04. The molecule has 1 fully saturated rings. The van der Waals surface area contributed by atoms with E-state index in [1.165, 1.54) is 6.42 Å². The minimum absolute atomic E-state index is 0.257. The van der Waals surface area contributed by atoms with Crippen LogP contribution in [0.25, 0.3) is 0 Å². The van der Waals surface area contributed by atoms with E-state index in [1.54, 1.807) is 0 Å². The molecule has 1 aromatic rings. The number of piperidine rings is 1. The van der Waals surface area contributed by atoms with Gasteiger partial charge in [-0.3, -0.25) is 4.79 Å². The first-order chi connectivity index (χ1) is 9.16. The summed E-state index contributed by atoms with van der Waals surface area (Å²) in [5.41, 5.74) is 8.70. The van der Waals surface area contributed by atoms with Gasteiger partial charge in [-0.2, -0.15) is 0 Å². The molecule has 3 N–H and O–H groups in total. The predicted molar refractivity (Wildman–Crippen MR) is 79.1 cm³/mol. The number of likely N-dealkylation sites (tertiary alicyclic amines) is 1. The molecule has 104 valence electrons. The van der Waals surface area contributed by atoms with Crippen molar-refractivity contribution in [2.24, 2.45) is 0 Å². The zero-order valence-corrected chi connectivity index (χ0v) is 11.6. The van der Waals surface area contributed by atoms with Crippen LogP contribution in [0, 0.1) is 6.92 Å². The second-order valence-electron chi connectivity index (χ2n) is 5.19. The molecule has 1 aliphatic heterocycles. The normalized spacial score (nSPS) is 15.3. The number of nitrogens with one attached hydrogen (secondary N) is 1. The maximum absolute atomic E-state index is 12.0. The number of amides is 1. The Morgan fingerprint density at radius 2 is 2.05 bits per heavy atom. The van der Waals surface area contributed by atoms with Crippen molar-refractivity contribution in [2.75, 3.05) is 30.7 Å². The van der Waals surface area contributed by atoms with Crippen LogP contribution < -0.4 is 11.1 Å². The molecule has 1 aromatic carbocycles. The predicted octanol–water partition coefficient (Wildman–Crippen LogP) is 2.39. The average Bonchev–Trinajstić information content (AvgIpc) is 2.43. The monoisotopic (exact) mass is 261 g/mol. The van der Waals surface area contributed by atoms with Gasteiger partial charge in [0.05, 0.1) is 0 Å². The molecule has 0 atom stereocenters. The summed E-state index contributed by atoms with van der Waals surface area (Å²) < 4.78 is 0. The first-order valence-electron chi connectivity index (χ1n) is 7.04. The lowest BCUT2D eigenvalue weighted by Gasteiger charge is -2.26. The fourth-order valence-electron chi connectivity index (χ4n) is 2.37. The quantitative estimate of drug-likeness (QED) is 0.818. The number of hydrogen-bond acceptors (Lipinski definition) is 3. The van der Waals surface area contributed by atoms with E-state index in [-0.39, 0.29) is 5.91 Å². The number of carbonyl (C=O) groups is 1.